The normalized spacial score (nSPS) is 16.2. The Kier molecular flexibility index (Phi) is 4.32. The summed E-state index contributed by atoms with van der Waals surface area (Å²) in [5.41, 5.74) is 6.24. The predicted octanol–water partition coefficient (Wildman–Crippen LogP) is 3.81. The van der Waals surface area contributed by atoms with E-state index in [1.807, 2.05) is 19.3 Å². The lowest BCUT2D eigenvalue weighted by atomic mass is 9.93. The Morgan fingerprint density at radius 3 is 2.85 bits per heavy atom. The number of nitrogens with zero attached hydrogens (tertiary/aromatic N) is 4. The number of benzene rings is 1. The van der Waals surface area contributed by atoms with Crippen LogP contribution in [0.2, 0.25) is 0 Å². The third-order valence-electron chi connectivity index (χ3n) is 5.13. The highest BCUT2D eigenvalue weighted by molar-refractivity contribution is 5.45. The molecule has 1 aromatic carbocycles. The van der Waals surface area contributed by atoms with Crippen LogP contribution in [-0.4, -0.2) is 26.8 Å². The summed E-state index contributed by atoms with van der Waals surface area (Å²) < 4.78 is 2.08. The van der Waals surface area contributed by atoms with Gasteiger partial charge in [-0.05, 0) is 62.4 Å². The van der Waals surface area contributed by atoms with Crippen molar-refractivity contribution in [3.63, 3.8) is 0 Å². The van der Waals surface area contributed by atoms with E-state index in [4.69, 9.17) is 0 Å². The second kappa shape index (κ2) is 6.78. The molecule has 0 saturated heterocycles. The summed E-state index contributed by atoms with van der Waals surface area (Å²) in [6, 6.07) is 8.56. The maximum Gasteiger partial charge on any atom is 0.225 e. The van der Waals surface area contributed by atoms with Crippen molar-refractivity contribution in [2.75, 3.05) is 17.7 Å². The van der Waals surface area contributed by atoms with E-state index in [9.17, 15) is 0 Å². The Morgan fingerprint density at radius 2 is 2.04 bits per heavy atom. The molecule has 1 aliphatic rings. The van der Waals surface area contributed by atoms with E-state index in [1.165, 1.54) is 22.4 Å². The molecule has 0 aliphatic heterocycles. The molecule has 0 fully saturated rings. The van der Waals surface area contributed by atoms with Crippen molar-refractivity contribution in [3.05, 3.63) is 59.0 Å². The summed E-state index contributed by atoms with van der Waals surface area (Å²) >= 11 is 0. The largest absolute Gasteiger partial charge is 0.373 e. The minimum atomic E-state index is 0.186. The first-order chi connectivity index (χ1) is 12.7. The van der Waals surface area contributed by atoms with E-state index in [2.05, 4.69) is 62.4 Å². The molecule has 0 saturated carbocycles. The third-order valence-corrected chi connectivity index (χ3v) is 5.13. The van der Waals surface area contributed by atoms with Gasteiger partial charge >= 0.3 is 0 Å². The molecule has 0 bridgehead atoms. The maximum atomic E-state index is 4.69. The Labute approximate surface area is 153 Å². The fourth-order valence-electron chi connectivity index (χ4n) is 3.51. The summed E-state index contributed by atoms with van der Waals surface area (Å²) in [4.78, 5) is 8.84. The zero-order valence-corrected chi connectivity index (χ0v) is 15.5. The van der Waals surface area contributed by atoms with Gasteiger partial charge in [-0.15, -0.1) is 0 Å². The van der Waals surface area contributed by atoms with Crippen LogP contribution in [0.15, 0.2) is 36.7 Å². The molecule has 0 spiro atoms. The van der Waals surface area contributed by atoms with Crippen LogP contribution < -0.4 is 10.6 Å². The first kappa shape index (κ1) is 16.6. The van der Waals surface area contributed by atoms with E-state index in [-0.39, 0.29) is 6.04 Å². The minimum Gasteiger partial charge on any atom is -0.373 e. The number of hydrogen-bond donors (Lipinski definition) is 2. The average molecular weight is 348 g/mol. The molecule has 1 unspecified atom stereocenters. The van der Waals surface area contributed by atoms with Gasteiger partial charge in [0.1, 0.15) is 5.82 Å². The number of aromatic nitrogens is 4. The average Bonchev–Trinajstić information content (AvgIpc) is 3.09. The molecule has 134 valence electrons. The Hall–Kier alpha value is -2.89. The highest BCUT2D eigenvalue weighted by Crippen LogP contribution is 2.33. The maximum absolute atomic E-state index is 4.69. The van der Waals surface area contributed by atoms with E-state index >= 15 is 0 Å². The lowest BCUT2D eigenvalue weighted by Crippen LogP contribution is -2.19. The van der Waals surface area contributed by atoms with Crippen LogP contribution in [0.25, 0.3) is 5.69 Å². The summed E-state index contributed by atoms with van der Waals surface area (Å²) in [7, 11) is 1.86. The van der Waals surface area contributed by atoms with Gasteiger partial charge in [0.2, 0.25) is 5.95 Å². The quantitative estimate of drug-likeness (QED) is 0.750. The Morgan fingerprint density at radius 1 is 1.15 bits per heavy atom. The number of anilines is 2. The van der Waals surface area contributed by atoms with Crippen molar-refractivity contribution in [1.29, 1.82) is 0 Å². The number of hydrogen-bond acceptors (Lipinski definition) is 5. The highest BCUT2D eigenvalue weighted by Gasteiger charge is 2.25. The highest BCUT2D eigenvalue weighted by atomic mass is 15.3. The molecule has 4 rings (SSSR count). The molecule has 0 radical (unpaired) electrons. The van der Waals surface area contributed by atoms with Crippen molar-refractivity contribution in [2.24, 2.45) is 0 Å². The number of fused-ring (bicyclic) bond motifs is 1. The summed E-state index contributed by atoms with van der Waals surface area (Å²) in [6.45, 7) is 4.28. The first-order valence-corrected chi connectivity index (χ1v) is 9.07. The zero-order chi connectivity index (χ0) is 18.1. The zero-order valence-electron chi connectivity index (χ0n) is 15.5. The molecule has 2 N–H and O–H groups in total. The molecule has 6 nitrogen and oxygen atoms in total. The second-order valence-corrected chi connectivity index (χ2v) is 6.83. The number of aryl methyl sites for hydroxylation is 2. The monoisotopic (exact) mass is 348 g/mol. The summed E-state index contributed by atoms with van der Waals surface area (Å²) in [6.07, 6.45) is 6.97. The standard InChI is InChI=1S/C20H24N6/c1-13-7-8-15(11-14(13)2)26-18-6-4-5-17(16(18)12-23-26)24-20-22-10-9-19(21-3)25-20/h7-12,17H,4-6H2,1-3H3,(H2,21,22,24,25). The van der Waals surface area contributed by atoms with Crippen LogP contribution in [-0.2, 0) is 6.42 Å². The fraction of sp³-hybridized carbons (Fsp3) is 0.350. The molecule has 2 aromatic heterocycles. The molecule has 6 heteroatoms. The lowest BCUT2D eigenvalue weighted by molar-refractivity contribution is 0.581. The first-order valence-electron chi connectivity index (χ1n) is 9.07. The van der Waals surface area contributed by atoms with E-state index < -0.39 is 0 Å². The Balaban J connectivity index is 1.65. The van der Waals surface area contributed by atoms with Crippen LogP contribution in [0.1, 0.15) is 41.3 Å². The molecule has 26 heavy (non-hydrogen) atoms. The van der Waals surface area contributed by atoms with Gasteiger partial charge in [0.15, 0.2) is 0 Å². The topological polar surface area (TPSA) is 67.7 Å². The van der Waals surface area contributed by atoms with Gasteiger partial charge < -0.3 is 10.6 Å². The molecule has 1 aliphatic carbocycles. The molecular formula is C20H24N6. The predicted molar refractivity (Wildman–Crippen MR) is 104 cm³/mol. The fourth-order valence-corrected chi connectivity index (χ4v) is 3.51. The van der Waals surface area contributed by atoms with Crippen LogP contribution in [0.3, 0.4) is 0 Å². The van der Waals surface area contributed by atoms with E-state index in [1.54, 1.807) is 6.20 Å². The molecule has 0 amide bonds. The van der Waals surface area contributed by atoms with Gasteiger partial charge in [0.05, 0.1) is 17.9 Å². The van der Waals surface area contributed by atoms with Gasteiger partial charge in [-0.2, -0.15) is 10.1 Å². The third kappa shape index (κ3) is 3.03. The van der Waals surface area contributed by atoms with Crippen LogP contribution in [0, 0.1) is 13.8 Å². The van der Waals surface area contributed by atoms with Gasteiger partial charge in [-0.3, -0.25) is 0 Å². The molecule has 2 heterocycles. The summed E-state index contributed by atoms with van der Waals surface area (Å²) in [5, 5.41) is 11.2. The van der Waals surface area contributed by atoms with E-state index in [0.29, 0.717) is 5.95 Å². The van der Waals surface area contributed by atoms with Crippen LogP contribution in [0.5, 0.6) is 0 Å². The second-order valence-electron chi connectivity index (χ2n) is 6.83. The minimum absolute atomic E-state index is 0.186. The van der Waals surface area contributed by atoms with Crippen LogP contribution >= 0.6 is 0 Å². The van der Waals surface area contributed by atoms with Crippen molar-refractivity contribution >= 4 is 11.8 Å². The summed E-state index contributed by atoms with van der Waals surface area (Å²) in [5.74, 6) is 1.46. The SMILES string of the molecule is CNc1ccnc(NC2CCCc3c2cnn3-c2ccc(C)c(C)c2)n1. The smallest absolute Gasteiger partial charge is 0.225 e. The van der Waals surface area contributed by atoms with Crippen LogP contribution in [0.4, 0.5) is 11.8 Å². The van der Waals surface area contributed by atoms with Crippen molar-refractivity contribution in [2.45, 2.75) is 39.2 Å². The van der Waals surface area contributed by atoms with Crippen molar-refractivity contribution < 1.29 is 0 Å². The van der Waals surface area contributed by atoms with E-state index in [0.717, 1.165) is 30.8 Å². The molecule has 3 aromatic rings. The van der Waals surface area contributed by atoms with Gasteiger partial charge in [-0.25, -0.2) is 9.67 Å². The van der Waals surface area contributed by atoms with Gasteiger partial charge in [0, 0.05) is 24.5 Å². The van der Waals surface area contributed by atoms with Crippen molar-refractivity contribution in [3.8, 4) is 5.69 Å². The number of rotatable bonds is 4. The molecule has 1 atom stereocenters. The van der Waals surface area contributed by atoms with Gasteiger partial charge in [-0.1, -0.05) is 6.07 Å². The molecular weight excluding hydrogens is 324 g/mol. The Bertz CT molecular complexity index is 930. The number of nitrogens with one attached hydrogen (secondary N) is 2. The lowest BCUT2D eigenvalue weighted by Gasteiger charge is -2.24. The van der Waals surface area contributed by atoms with Crippen molar-refractivity contribution in [1.82, 2.24) is 19.7 Å². The van der Waals surface area contributed by atoms with Gasteiger partial charge in [0.25, 0.3) is 0 Å².